The highest BCUT2D eigenvalue weighted by atomic mass is 35.5. The molecule has 1 aliphatic rings. The van der Waals surface area contributed by atoms with E-state index in [9.17, 15) is 0 Å². The Morgan fingerprint density at radius 1 is 1.09 bits per heavy atom. The molecule has 0 atom stereocenters. The average Bonchev–Trinajstić information content (AvgIpc) is 3.34. The number of nitrogens with zero attached hydrogens (tertiary/aromatic N) is 1. The van der Waals surface area contributed by atoms with Crippen molar-refractivity contribution in [3.8, 4) is 22.6 Å². The van der Waals surface area contributed by atoms with Crippen LogP contribution >= 0.6 is 12.4 Å². The topological polar surface area (TPSA) is 57.4 Å². The Kier molecular flexibility index (Phi) is 5.27. The number of ether oxygens (including phenoxy) is 2. The smallest absolute Gasteiger partial charge is 0.138 e. The van der Waals surface area contributed by atoms with Gasteiger partial charge in [0, 0.05) is 23.7 Å². The molecule has 2 aromatic rings. The fraction of sp³-hybridized carbons (Fsp3) is 0.353. The van der Waals surface area contributed by atoms with E-state index in [2.05, 4.69) is 4.98 Å². The molecule has 0 unspecified atom stereocenters. The average molecular weight is 321 g/mol. The molecule has 1 aliphatic carbocycles. The Hall–Kier alpha value is -1.78. The first-order valence-electron chi connectivity index (χ1n) is 7.17. The molecule has 0 spiro atoms. The van der Waals surface area contributed by atoms with E-state index in [1.54, 1.807) is 13.3 Å². The first-order valence-corrected chi connectivity index (χ1v) is 7.17. The summed E-state index contributed by atoms with van der Waals surface area (Å²) in [7, 11) is 1.66. The van der Waals surface area contributed by atoms with Gasteiger partial charge in [-0.25, -0.2) is 0 Å². The van der Waals surface area contributed by atoms with Crippen LogP contribution in [0.15, 0.2) is 42.7 Å². The predicted molar refractivity (Wildman–Crippen MR) is 89.7 cm³/mol. The van der Waals surface area contributed by atoms with Crippen molar-refractivity contribution in [1.29, 1.82) is 0 Å². The third-order valence-electron chi connectivity index (χ3n) is 4.07. The van der Waals surface area contributed by atoms with Crippen LogP contribution in [0.2, 0.25) is 0 Å². The van der Waals surface area contributed by atoms with E-state index in [4.69, 9.17) is 15.2 Å². The monoisotopic (exact) mass is 320 g/mol. The van der Waals surface area contributed by atoms with Crippen LogP contribution in [0.25, 0.3) is 11.1 Å². The van der Waals surface area contributed by atoms with E-state index in [-0.39, 0.29) is 17.8 Å². The normalized spacial score (nSPS) is 14.8. The van der Waals surface area contributed by atoms with Crippen LogP contribution in [0.3, 0.4) is 0 Å². The van der Waals surface area contributed by atoms with Gasteiger partial charge in [0.15, 0.2) is 0 Å². The lowest BCUT2D eigenvalue weighted by molar-refractivity contribution is 0.238. The minimum absolute atomic E-state index is 0. The second-order valence-corrected chi connectivity index (χ2v) is 5.63. The summed E-state index contributed by atoms with van der Waals surface area (Å²) in [5, 5.41) is 0. The van der Waals surface area contributed by atoms with Crippen molar-refractivity contribution in [3.63, 3.8) is 0 Å². The number of aromatic nitrogens is 1. The molecule has 5 heteroatoms. The summed E-state index contributed by atoms with van der Waals surface area (Å²) in [5.41, 5.74) is 8.10. The van der Waals surface area contributed by atoms with Crippen LogP contribution in [0.5, 0.6) is 11.5 Å². The first-order chi connectivity index (χ1) is 10.2. The summed E-state index contributed by atoms with van der Waals surface area (Å²) in [5.74, 6) is 1.64. The number of hydrogen-bond donors (Lipinski definition) is 1. The largest absolute Gasteiger partial charge is 0.497 e. The minimum Gasteiger partial charge on any atom is -0.497 e. The van der Waals surface area contributed by atoms with Crippen LogP contribution in [-0.4, -0.2) is 25.2 Å². The summed E-state index contributed by atoms with van der Waals surface area (Å²) in [6.07, 6.45) is 5.91. The van der Waals surface area contributed by atoms with E-state index in [1.807, 2.05) is 36.5 Å². The Morgan fingerprint density at radius 2 is 1.82 bits per heavy atom. The maximum atomic E-state index is 5.86. The molecule has 0 bridgehead atoms. The fourth-order valence-electron chi connectivity index (χ4n) is 2.26. The molecule has 4 nitrogen and oxygen atoms in total. The van der Waals surface area contributed by atoms with Crippen molar-refractivity contribution in [2.75, 3.05) is 20.3 Å². The van der Waals surface area contributed by atoms with Crippen LogP contribution in [0.4, 0.5) is 0 Å². The van der Waals surface area contributed by atoms with Gasteiger partial charge in [0.1, 0.15) is 11.5 Å². The van der Waals surface area contributed by atoms with E-state index < -0.39 is 0 Å². The molecule has 1 aromatic carbocycles. The standard InChI is InChI=1S/C17H20N2O2.ClH/c1-20-15-4-2-13(3-5-15)14-8-16(10-19-9-14)21-12-17(11-18)6-7-17;/h2-5,8-10H,6-7,11-12,18H2,1H3;1H. The van der Waals surface area contributed by atoms with Crippen LogP contribution in [0.1, 0.15) is 12.8 Å². The zero-order chi connectivity index (χ0) is 14.7. The number of halogens is 1. The van der Waals surface area contributed by atoms with Gasteiger partial charge in [0.2, 0.25) is 0 Å². The number of benzene rings is 1. The van der Waals surface area contributed by atoms with Gasteiger partial charge in [0.05, 0.1) is 19.9 Å². The minimum atomic E-state index is 0. The number of pyridine rings is 1. The van der Waals surface area contributed by atoms with Crippen LogP contribution in [0, 0.1) is 5.41 Å². The van der Waals surface area contributed by atoms with Gasteiger partial charge in [0.25, 0.3) is 0 Å². The second kappa shape index (κ2) is 6.99. The molecular weight excluding hydrogens is 300 g/mol. The SMILES string of the molecule is COc1ccc(-c2cncc(OCC3(CN)CC3)c2)cc1.Cl. The summed E-state index contributed by atoms with van der Waals surface area (Å²) in [6.45, 7) is 1.37. The highest BCUT2D eigenvalue weighted by Gasteiger charge is 2.42. The Balaban J connectivity index is 0.00000176. The molecule has 0 saturated heterocycles. The third kappa shape index (κ3) is 3.70. The highest BCUT2D eigenvalue weighted by Crippen LogP contribution is 2.44. The molecule has 1 fully saturated rings. The van der Waals surface area contributed by atoms with Crippen molar-refractivity contribution < 1.29 is 9.47 Å². The number of rotatable bonds is 6. The molecule has 0 aliphatic heterocycles. The van der Waals surface area contributed by atoms with Crippen LogP contribution in [-0.2, 0) is 0 Å². The van der Waals surface area contributed by atoms with Crippen LogP contribution < -0.4 is 15.2 Å². The zero-order valence-electron chi connectivity index (χ0n) is 12.6. The molecule has 1 heterocycles. The maximum absolute atomic E-state index is 5.86. The van der Waals surface area contributed by atoms with Gasteiger partial charge in [-0.2, -0.15) is 0 Å². The molecule has 0 radical (unpaired) electrons. The van der Waals surface area contributed by atoms with Gasteiger partial charge in [-0.3, -0.25) is 4.98 Å². The lowest BCUT2D eigenvalue weighted by Crippen LogP contribution is -2.22. The summed E-state index contributed by atoms with van der Waals surface area (Å²) in [4.78, 5) is 4.26. The van der Waals surface area contributed by atoms with Gasteiger partial charge >= 0.3 is 0 Å². The summed E-state index contributed by atoms with van der Waals surface area (Å²) >= 11 is 0. The summed E-state index contributed by atoms with van der Waals surface area (Å²) in [6, 6.07) is 9.93. The Bertz CT molecular complexity index is 612. The van der Waals surface area contributed by atoms with Crippen molar-refractivity contribution in [3.05, 3.63) is 42.7 Å². The summed E-state index contributed by atoms with van der Waals surface area (Å²) < 4.78 is 11.0. The molecular formula is C17H21ClN2O2. The molecule has 0 amide bonds. The van der Waals surface area contributed by atoms with E-state index in [1.165, 1.54) is 0 Å². The lowest BCUT2D eigenvalue weighted by Gasteiger charge is -2.14. The van der Waals surface area contributed by atoms with Crippen molar-refractivity contribution in [2.24, 2.45) is 11.1 Å². The second-order valence-electron chi connectivity index (χ2n) is 5.63. The third-order valence-corrected chi connectivity index (χ3v) is 4.07. The lowest BCUT2D eigenvalue weighted by atomic mass is 10.1. The van der Waals surface area contributed by atoms with Crippen molar-refractivity contribution in [2.45, 2.75) is 12.8 Å². The maximum Gasteiger partial charge on any atom is 0.138 e. The van der Waals surface area contributed by atoms with E-state index >= 15 is 0 Å². The zero-order valence-corrected chi connectivity index (χ0v) is 13.4. The molecule has 1 saturated carbocycles. The quantitative estimate of drug-likeness (QED) is 0.887. The molecule has 3 rings (SSSR count). The molecule has 118 valence electrons. The molecule has 2 N–H and O–H groups in total. The predicted octanol–water partition coefficient (Wildman–Crippen LogP) is 3.30. The van der Waals surface area contributed by atoms with Gasteiger partial charge in [-0.1, -0.05) is 12.1 Å². The van der Waals surface area contributed by atoms with E-state index in [0.717, 1.165) is 35.5 Å². The highest BCUT2D eigenvalue weighted by molar-refractivity contribution is 5.85. The molecule has 22 heavy (non-hydrogen) atoms. The van der Waals surface area contributed by atoms with Crippen molar-refractivity contribution in [1.82, 2.24) is 4.98 Å². The van der Waals surface area contributed by atoms with Gasteiger partial charge in [-0.05, 0) is 36.6 Å². The Labute approximate surface area is 137 Å². The first kappa shape index (κ1) is 16.6. The molecule has 1 aromatic heterocycles. The Morgan fingerprint density at radius 3 is 2.41 bits per heavy atom. The van der Waals surface area contributed by atoms with Gasteiger partial charge < -0.3 is 15.2 Å². The number of hydrogen-bond acceptors (Lipinski definition) is 4. The van der Waals surface area contributed by atoms with E-state index in [0.29, 0.717) is 13.2 Å². The number of methoxy groups -OCH3 is 1. The van der Waals surface area contributed by atoms with Gasteiger partial charge in [-0.15, -0.1) is 12.4 Å². The number of nitrogens with two attached hydrogens (primary N) is 1. The fourth-order valence-corrected chi connectivity index (χ4v) is 2.26. The van der Waals surface area contributed by atoms with Crippen molar-refractivity contribution >= 4 is 12.4 Å².